The minimum Gasteiger partial charge on any atom is -0.364 e. The number of anilines is 1. The zero-order valence-corrected chi connectivity index (χ0v) is 15.0. The van der Waals surface area contributed by atoms with Crippen molar-refractivity contribution in [1.82, 2.24) is 4.90 Å². The molecule has 2 aromatic rings. The van der Waals surface area contributed by atoms with Gasteiger partial charge in [0.1, 0.15) is 0 Å². The Morgan fingerprint density at radius 3 is 2.29 bits per heavy atom. The summed E-state index contributed by atoms with van der Waals surface area (Å²) < 4.78 is 39.7. The van der Waals surface area contributed by atoms with Crippen LogP contribution in [0.5, 0.6) is 0 Å². The molecule has 2 aromatic carbocycles. The molecule has 0 spiro atoms. The van der Waals surface area contributed by atoms with E-state index in [1.807, 2.05) is 0 Å². The van der Waals surface area contributed by atoms with Crippen LogP contribution in [-0.2, 0) is 6.18 Å². The van der Waals surface area contributed by atoms with Crippen LogP contribution in [0.1, 0.15) is 41.7 Å². The lowest BCUT2D eigenvalue weighted by molar-refractivity contribution is -0.138. The molecule has 0 atom stereocenters. The number of hydrogen-bond acceptors (Lipinski definition) is 3. The summed E-state index contributed by atoms with van der Waals surface area (Å²) in [5, 5.41) is 21.4. The predicted molar refractivity (Wildman–Crippen MR) is 97.6 cm³/mol. The number of amides is 2. The zero-order chi connectivity index (χ0) is 20.3. The van der Waals surface area contributed by atoms with Gasteiger partial charge in [-0.05, 0) is 36.5 Å². The second-order valence-electron chi connectivity index (χ2n) is 6.74. The number of carbonyl (C=O) groups excluding carboxylic acids is 1. The number of urea groups is 1. The molecular formula is C20H21F3N2O3. The topological polar surface area (TPSA) is 72.8 Å². The van der Waals surface area contributed by atoms with Gasteiger partial charge in [0, 0.05) is 18.7 Å². The number of benzene rings is 2. The molecule has 3 N–H and O–H groups in total. The standard InChI is InChI=1S/C20H21F3N2O3/c21-20(22,23)16-7-3-1-5-14(16)13-9-11-25(12-10-13)19(28)24-17-8-4-2-6-15(17)18(26)27/h1-8,13,18,26-27H,9-12H2,(H,24,28). The second-order valence-corrected chi connectivity index (χ2v) is 6.74. The van der Waals surface area contributed by atoms with Crippen LogP contribution in [0.25, 0.3) is 0 Å². The SMILES string of the molecule is O=C(Nc1ccccc1C(O)O)N1CCC(c2ccccc2C(F)(F)F)CC1. The van der Waals surface area contributed by atoms with Crippen LogP contribution in [0.2, 0.25) is 0 Å². The summed E-state index contributed by atoms with van der Waals surface area (Å²) in [6.45, 7) is 0.624. The molecule has 1 heterocycles. The Bertz CT molecular complexity index is 831. The van der Waals surface area contributed by atoms with E-state index in [0.717, 1.165) is 6.07 Å². The molecule has 1 fully saturated rings. The van der Waals surface area contributed by atoms with E-state index in [1.165, 1.54) is 23.1 Å². The molecule has 5 nitrogen and oxygen atoms in total. The minimum atomic E-state index is -4.40. The van der Waals surface area contributed by atoms with E-state index in [-0.39, 0.29) is 22.7 Å². The fourth-order valence-corrected chi connectivity index (χ4v) is 3.53. The van der Waals surface area contributed by atoms with E-state index in [4.69, 9.17) is 0 Å². The van der Waals surface area contributed by atoms with E-state index in [0.29, 0.717) is 25.9 Å². The molecule has 3 rings (SSSR count). The van der Waals surface area contributed by atoms with E-state index in [9.17, 15) is 28.2 Å². The highest BCUT2D eigenvalue weighted by Gasteiger charge is 2.36. The van der Waals surface area contributed by atoms with Crippen LogP contribution in [-0.4, -0.2) is 34.2 Å². The third-order valence-electron chi connectivity index (χ3n) is 4.97. The van der Waals surface area contributed by atoms with Crippen molar-refractivity contribution in [3.8, 4) is 0 Å². The van der Waals surface area contributed by atoms with Crippen molar-refractivity contribution in [3.05, 3.63) is 65.2 Å². The van der Waals surface area contributed by atoms with Crippen molar-refractivity contribution in [3.63, 3.8) is 0 Å². The van der Waals surface area contributed by atoms with Gasteiger partial charge < -0.3 is 20.4 Å². The number of likely N-dealkylation sites (tertiary alicyclic amines) is 1. The van der Waals surface area contributed by atoms with Crippen LogP contribution in [0.3, 0.4) is 0 Å². The van der Waals surface area contributed by atoms with Crippen molar-refractivity contribution in [1.29, 1.82) is 0 Å². The number of carbonyl (C=O) groups is 1. The lowest BCUT2D eigenvalue weighted by Crippen LogP contribution is -2.41. The van der Waals surface area contributed by atoms with Gasteiger partial charge in [0.15, 0.2) is 6.29 Å². The highest BCUT2D eigenvalue weighted by Crippen LogP contribution is 2.38. The lowest BCUT2D eigenvalue weighted by atomic mass is 9.86. The molecule has 1 aliphatic rings. The van der Waals surface area contributed by atoms with E-state index in [1.54, 1.807) is 24.3 Å². The summed E-state index contributed by atoms with van der Waals surface area (Å²) in [5.41, 5.74) is 0.101. The number of nitrogens with one attached hydrogen (secondary N) is 1. The first kappa shape index (κ1) is 20.2. The Labute approximate surface area is 160 Å². The fourth-order valence-electron chi connectivity index (χ4n) is 3.53. The molecule has 2 amide bonds. The number of hydrogen-bond donors (Lipinski definition) is 3. The fraction of sp³-hybridized carbons (Fsp3) is 0.350. The highest BCUT2D eigenvalue weighted by molar-refractivity contribution is 5.90. The lowest BCUT2D eigenvalue weighted by Gasteiger charge is -2.33. The summed E-state index contributed by atoms with van der Waals surface area (Å²) in [6.07, 6.45) is -5.28. The van der Waals surface area contributed by atoms with Gasteiger partial charge in [0.2, 0.25) is 0 Å². The van der Waals surface area contributed by atoms with Crippen molar-refractivity contribution < 1.29 is 28.2 Å². The van der Waals surface area contributed by atoms with Crippen LogP contribution < -0.4 is 5.32 Å². The zero-order valence-electron chi connectivity index (χ0n) is 15.0. The maximum Gasteiger partial charge on any atom is 0.416 e. The Hall–Kier alpha value is -2.58. The Kier molecular flexibility index (Phi) is 5.90. The number of rotatable bonds is 3. The first-order valence-corrected chi connectivity index (χ1v) is 8.94. The molecule has 150 valence electrons. The first-order chi connectivity index (χ1) is 13.3. The van der Waals surface area contributed by atoms with Gasteiger partial charge in [-0.3, -0.25) is 0 Å². The Morgan fingerprint density at radius 2 is 1.64 bits per heavy atom. The first-order valence-electron chi connectivity index (χ1n) is 8.94. The monoisotopic (exact) mass is 394 g/mol. The van der Waals surface area contributed by atoms with Gasteiger partial charge in [-0.15, -0.1) is 0 Å². The molecule has 0 saturated carbocycles. The molecule has 28 heavy (non-hydrogen) atoms. The number of nitrogens with zero attached hydrogens (tertiary/aromatic N) is 1. The number of para-hydroxylation sites is 1. The summed E-state index contributed by atoms with van der Waals surface area (Å²) >= 11 is 0. The second kappa shape index (κ2) is 8.20. The molecule has 0 unspecified atom stereocenters. The van der Waals surface area contributed by atoms with E-state index in [2.05, 4.69) is 5.32 Å². The third-order valence-corrected chi connectivity index (χ3v) is 4.97. The average Bonchev–Trinajstić information content (AvgIpc) is 2.67. The molecular weight excluding hydrogens is 373 g/mol. The summed E-state index contributed by atoms with van der Waals surface area (Å²) in [7, 11) is 0. The van der Waals surface area contributed by atoms with Gasteiger partial charge in [-0.2, -0.15) is 13.2 Å². The van der Waals surface area contributed by atoms with Crippen LogP contribution in [0.4, 0.5) is 23.7 Å². The molecule has 0 aromatic heterocycles. The molecule has 8 heteroatoms. The number of piperidine rings is 1. The van der Waals surface area contributed by atoms with Crippen molar-refractivity contribution in [2.45, 2.75) is 31.2 Å². The number of alkyl halides is 3. The van der Waals surface area contributed by atoms with Crippen LogP contribution in [0, 0.1) is 0 Å². The largest absolute Gasteiger partial charge is 0.416 e. The van der Waals surface area contributed by atoms with Gasteiger partial charge >= 0.3 is 12.2 Å². The molecule has 1 saturated heterocycles. The quantitative estimate of drug-likeness (QED) is 0.687. The van der Waals surface area contributed by atoms with E-state index < -0.39 is 24.1 Å². The van der Waals surface area contributed by atoms with Crippen LogP contribution in [0.15, 0.2) is 48.5 Å². The van der Waals surface area contributed by atoms with Crippen molar-refractivity contribution in [2.75, 3.05) is 18.4 Å². The van der Waals surface area contributed by atoms with Gasteiger partial charge in [0.05, 0.1) is 11.3 Å². The minimum absolute atomic E-state index is 0.171. The molecule has 0 aliphatic carbocycles. The normalized spacial score (nSPS) is 15.7. The highest BCUT2D eigenvalue weighted by atomic mass is 19.4. The predicted octanol–water partition coefficient (Wildman–Crippen LogP) is 4.10. The van der Waals surface area contributed by atoms with Crippen LogP contribution >= 0.6 is 0 Å². The van der Waals surface area contributed by atoms with Gasteiger partial charge in [-0.1, -0.05) is 36.4 Å². The summed E-state index contributed by atoms with van der Waals surface area (Å²) in [6, 6.07) is 11.5. The van der Waals surface area contributed by atoms with Crippen molar-refractivity contribution in [2.24, 2.45) is 0 Å². The van der Waals surface area contributed by atoms with Gasteiger partial charge in [-0.25, -0.2) is 4.79 Å². The summed E-state index contributed by atoms with van der Waals surface area (Å²) in [4.78, 5) is 14.0. The smallest absolute Gasteiger partial charge is 0.364 e. The summed E-state index contributed by atoms with van der Waals surface area (Å²) in [5.74, 6) is -0.270. The molecule has 0 radical (unpaired) electrons. The average molecular weight is 394 g/mol. The van der Waals surface area contributed by atoms with E-state index >= 15 is 0 Å². The molecule has 1 aliphatic heterocycles. The Morgan fingerprint density at radius 1 is 1.04 bits per heavy atom. The Balaban J connectivity index is 1.66. The maximum atomic E-state index is 13.2. The van der Waals surface area contributed by atoms with Gasteiger partial charge in [0.25, 0.3) is 0 Å². The number of halogens is 3. The third kappa shape index (κ3) is 4.45. The number of aliphatic hydroxyl groups is 2. The maximum absolute atomic E-state index is 13.2. The van der Waals surface area contributed by atoms with Crippen molar-refractivity contribution >= 4 is 11.7 Å². The molecule has 0 bridgehead atoms. The number of aliphatic hydroxyl groups excluding tert-OH is 1.